The van der Waals surface area contributed by atoms with Gasteiger partial charge in [0.25, 0.3) is 0 Å². The molecule has 8 rings (SSSR count). The van der Waals surface area contributed by atoms with Crippen molar-refractivity contribution < 1.29 is 4.74 Å². The highest BCUT2D eigenvalue weighted by molar-refractivity contribution is 5.38. The Hall–Kier alpha value is -0.930. The third-order valence-corrected chi connectivity index (χ3v) is 7.97. The highest BCUT2D eigenvalue weighted by Gasteiger charge is 2.92. The van der Waals surface area contributed by atoms with E-state index in [1.54, 1.807) is 0 Å². The molecule has 0 spiro atoms. The quantitative estimate of drug-likeness (QED) is 0.903. The second-order valence-electron chi connectivity index (χ2n) is 7.97. The molecule has 3 nitrogen and oxygen atoms in total. The lowest BCUT2D eigenvalue weighted by atomic mass is 9.59. The van der Waals surface area contributed by atoms with Crippen LogP contribution in [0.5, 0.6) is 0 Å². The van der Waals surface area contributed by atoms with E-state index in [2.05, 4.69) is 22.4 Å². The van der Waals surface area contributed by atoms with Crippen LogP contribution in [0.3, 0.4) is 0 Å². The Balaban J connectivity index is 1.29. The molecule has 0 aromatic carbocycles. The summed E-state index contributed by atoms with van der Waals surface area (Å²) in [6, 6.07) is 6.18. The summed E-state index contributed by atoms with van der Waals surface area (Å²) in [4.78, 5) is 4.46. The lowest BCUT2D eigenvalue weighted by molar-refractivity contribution is -0.0593. The number of nitrogens with zero attached hydrogens (tertiary/aromatic N) is 1. The summed E-state index contributed by atoms with van der Waals surface area (Å²) in [5.74, 6) is 7.66. The largest absolute Gasteiger partial charge is 0.356 e. The van der Waals surface area contributed by atoms with E-state index in [9.17, 15) is 0 Å². The van der Waals surface area contributed by atoms with Gasteiger partial charge in [-0.2, -0.15) is 0 Å². The molecule has 0 radical (unpaired) electrons. The lowest BCUT2D eigenvalue weighted by Gasteiger charge is -2.45. The van der Waals surface area contributed by atoms with Crippen LogP contribution in [0.15, 0.2) is 24.4 Å². The number of aromatic nitrogens is 1. The minimum atomic E-state index is 0.0502. The van der Waals surface area contributed by atoms with E-state index < -0.39 is 0 Å². The van der Waals surface area contributed by atoms with Crippen LogP contribution in [0, 0.1) is 47.3 Å². The first kappa shape index (κ1) is 9.91. The smallest absolute Gasteiger partial charge is 0.126 e. The van der Waals surface area contributed by atoms with E-state index in [0.717, 1.165) is 59.6 Å². The standard InChI is InChI=1S/C17H18N2O/c1-2-4-18-7(3-1)6-19-17-14-9-5-8-10-11(9)15(17)13(10)16(20-17)12(8)14/h1-4,8-16,19H,5-6H2/t8-,9+,10-,11+,12+,13+,14+,15+,16-,17+/m0/s1. The molecular weight excluding hydrogens is 248 g/mol. The minimum Gasteiger partial charge on any atom is -0.356 e. The lowest BCUT2D eigenvalue weighted by Crippen LogP contribution is -2.56. The van der Waals surface area contributed by atoms with Gasteiger partial charge in [0, 0.05) is 24.6 Å². The van der Waals surface area contributed by atoms with Crippen LogP contribution in [-0.4, -0.2) is 16.8 Å². The zero-order chi connectivity index (χ0) is 12.6. The maximum atomic E-state index is 6.64. The first-order valence-corrected chi connectivity index (χ1v) is 8.23. The second-order valence-corrected chi connectivity index (χ2v) is 7.97. The van der Waals surface area contributed by atoms with Crippen LogP contribution >= 0.6 is 0 Å². The number of pyridine rings is 1. The number of hydrogen-bond acceptors (Lipinski definition) is 3. The van der Waals surface area contributed by atoms with Gasteiger partial charge in [-0.1, -0.05) is 6.07 Å². The third-order valence-electron chi connectivity index (χ3n) is 7.97. The predicted molar refractivity (Wildman–Crippen MR) is 71.2 cm³/mol. The summed E-state index contributed by atoms with van der Waals surface area (Å²) in [6.07, 6.45) is 4.05. The molecule has 5 aliphatic carbocycles. The van der Waals surface area contributed by atoms with Crippen molar-refractivity contribution in [3.05, 3.63) is 30.1 Å². The first-order valence-electron chi connectivity index (χ1n) is 8.23. The molecule has 20 heavy (non-hydrogen) atoms. The van der Waals surface area contributed by atoms with Gasteiger partial charge in [-0.25, -0.2) is 0 Å². The minimum absolute atomic E-state index is 0.0502. The topological polar surface area (TPSA) is 34.1 Å². The molecule has 0 unspecified atom stereocenters. The monoisotopic (exact) mass is 266 g/mol. The predicted octanol–water partition coefficient (Wildman–Crippen LogP) is 1.65. The molecule has 2 aliphatic heterocycles. The van der Waals surface area contributed by atoms with Crippen molar-refractivity contribution in [3.8, 4) is 0 Å². The van der Waals surface area contributed by atoms with Crippen LogP contribution < -0.4 is 5.32 Å². The molecule has 102 valence electrons. The Morgan fingerprint density at radius 3 is 3.05 bits per heavy atom. The third kappa shape index (κ3) is 0.723. The molecule has 3 heterocycles. The maximum Gasteiger partial charge on any atom is 0.126 e. The number of nitrogens with one attached hydrogen (secondary N) is 1. The fraction of sp³-hybridized carbons (Fsp3) is 0.706. The van der Waals surface area contributed by atoms with E-state index in [1.807, 2.05) is 12.3 Å². The molecule has 1 aromatic rings. The molecule has 3 heteroatoms. The van der Waals surface area contributed by atoms with Crippen molar-refractivity contribution in [1.82, 2.24) is 10.3 Å². The van der Waals surface area contributed by atoms with Gasteiger partial charge < -0.3 is 4.74 Å². The van der Waals surface area contributed by atoms with Crippen molar-refractivity contribution >= 4 is 0 Å². The van der Waals surface area contributed by atoms with Gasteiger partial charge >= 0.3 is 0 Å². The van der Waals surface area contributed by atoms with E-state index in [1.165, 1.54) is 6.42 Å². The molecule has 0 amide bonds. The van der Waals surface area contributed by atoms with Gasteiger partial charge in [-0.15, -0.1) is 0 Å². The zero-order valence-electron chi connectivity index (χ0n) is 11.3. The summed E-state index contributed by atoms with van der Waals surface area (Å²) in [5, 5.41) is 3.86. The van der Waals surface area contributed by atoms with Gasteiger partial charge in [-0.05, 0) is 54.1 Å². The van der Waals surface area contributed by atoms with Gasteiger partial charge in [0.1, 0.15) is 5.72 Å². The van der Waals surface area contributed by atoms with Crippen molar-refractivity contribution in [2.45, 2.75) is 24.8 Å². The Labute approximate surface area is 118 Å². The molecule has 2 saturated heterocycles. The summed E-state index contributed by atoms with van der Waals surface area (Å²) in [5.41, 5.74) is 1.20. The van der Waals surface area contributed by atoms with Crippen LogP contribution in [0.1, 0.15) is 12.1 Å². The van der Waals surface area contributed by atoms with E-state index in [0.29, 0.717) is 6.10 Å². The molecule has 10 atom stereocenters. The molecule has 4 bridgehead atoms. The Kier molecular flexibility index (Phi) is 1.34. The summed E-state index contributed by atoms with van der Waals surface area (Å²) in [7, 11) is 0. The highest BCUT2D eigenvalue weighted by atomic mass is 16.5. The van der Waals surface area contributed by atoms with Crippen LogP contribution in [0.2, 0.25) is 0 Å². The first-order chi connectivity index (χ1) is 9.90. The number of hydrogen-bond donors (Lipinski definition) is 1. The molecule has 7 aliphatic rings. The van der Waals surface area contributed by atoms with Gasteiger partial charge in [-0.3, -0.25) is 10.3 Å². The SMILES string of the molecule is c1ccc(CN[C@]23O[C@@H]4[C@@H]5[C@H]6[C@@H]7C[C@H]([C@H]6[C@H]52)[C@@H]3[C@@H]74)nc1. The molecule has 1 N–H and O–H groups in total. The van der Waals surface area contributed by atoms with Crippen LogP contribution in [-0.2, 0) is 11.3 Å². The van der Waals surface area contributed by atoms with E-state index >= 15 is 0 Å². The summed E-state index contributed by atoms with van der Waals surface area (Å²) >= 11 is 0. The fourth-order valence-corrected chi connectivity index (χ4v) is 8.02. The van der Waals surface area contributed by atoms with E-state index in [-0.39, 0.29) is 5.72 Å². The average Bonchev–Trinajstić information content (AvgIpc) is 3.10. The van der Waals surface area contributed by atoms with Crippen molar-refractivity contribution in [3.63, 3.8) is 0 Å². The van der Waals surface area contributed by atoms with Crippen LogP contribution in [0.25, 0.3) is 0 Å². The van der Waals surface area contributed by atoms with Gasteiger partial charge in [0.2, 0.25) is 0 Å². The number of ether oxygens (including phenoxy) is 1. The fourth-order valence-electron chi connectivity index (χ4n) is 8.02. The summed E-state index contributed by atoms with van der Waals surface area (Å²) in [6.45, 7) is 0.870. The normalized spacial score (nSPS) is 64.7. The van der Waals surface area contributed by atoms with Crippen molar-refractivity contribution in [1.29, 1.82) is 0 Å². The Morgan fingerprint density at radius 2 is 2.15 bits per heavy atom. The van der Waals surface area contributed by atoms with Crippen molar-refractivity contribution in [2.24, 2.45) is 47.3 Å². The van der Waals surface area contributed by atoms with Crippen LogP contribution in [0.4, 0.5) is 0 Å². The van der Waals surface area contributed by atoms with Gasteiger partial charge in [0.15, 0.2) is 0 Å². The molecule has 1 aromatic heterocycles. The molecule has 5 saturated carbocycles. The van der Waals surface area contributed by atoms with Crippen molar-refractivity contribution in [2.75, 3.05) is 0 Å². The average molecular weight is 266 g/mol. The van der Waals surface area contributed by atoms with Gasteiger partial charge in [0.05, 0.1) is 11.8 Å². The summed E-state index contributed by atoms with van der Waals surface area (Å²) < 4.78 is 6.64. The Bertz CT molecular complexity index is 623. The highest BCUT2D eigenvalue weighted by Crippen LogP contribution is 2.89. The second kappa shape index (κ2) is 2.71. The Morgan fingerprint density at radius 1 is 1.15 bits per heavy atom. The maximum absolute atomic E-state index is 6.64. The number of rotatable bonds is 3. The zero-order valence-corrected chi connectivity index (χ0v) is 11.3. The molecular formula is C17H18N2O. The van der Waals surface area contributed by atoms with E-state index in [4.69, 9.17) is 4.74 Å². The molecule has 7 fully saturated rings.